The highest BCUT2D eigenvalue weighted by atomic mass is 16.5. The van der Waals surface area contributed by atoms with Crippen LogP contribution < -0.4 is 10.6 Å². The van der Waals surface area contributed by atoms with Crippen molar-refractivity contribution < 1.29 is 9.53 Å². The van der Waals surface area contributed by atoms with E-state index in [0.29, 0.717) is 12.1 Å². The van der Waals surface area contributed by atoms with Crippen molar-refractivity contribution >= 4 is 5.91 Å². The molecule has 0 aromatic rings. The number of ether oxygens (including phenoxy) is 1. The Labute approximate surface area is 91.8 Å². The number of nitrogens with one attached hydrogen (secondary N) is 2. The van der Waals surface area contributed by atoms with Crippen LogP contribution in [0.4, 0.5) is 0 Å². The van der Waals surface area contributed by atoms with Gasteiger partial charge in [0, 0.05) is 19.7 Å². The Bertz CT molecular complexity index is 203. The van der Waals surface area contributed by atoms with Gasteiger partial charge in [-0.15, -0.1) is 0 Å². The minimum atomic E-state index is -0.133. The van der Waals surface area contributed by atoms with Crippen LogP contribution in [0.3, 0.4) is 0 Å². The maximum absolute atomic E-state index is 11.3. The SMILES string of the molecule is CNC(=O)[C@@H](C)NC(C)CC1CCCO1. The van der Waals surface area contributed by atoms with Gasteiger partial charge in [0.25, 0.3) is 0 Å². The van der Waals surface area contributed by atoms with E-state index in [-0.39, 0.29) is 11.9 Å². The second-order valence-electron chi connectivity index (χ2n) is 4.27. The molecule has 15 heavy (non-hydrogen) atoms. The first-order chi connectivity index (χ1) is 7.13. The third-order valence-electron chi connectivity index (χ3n) is 2.81. The van der Waals surface area contributed by atoms with Gasteiger partial charge in [0.1, 0.15) is 0 Å². The summed E-state index contributed by atoms with van der Waals surface area (Å²) in [6.07, 6.45) is 3.69. The molecule has 0 radical (unpaired) electrons. The van der Waals surface area contributed by atoms with Gasteiger partial charge < -0.3 is 15.4 Å². The second-order valence-corrected chi connectivity index (χ2v) is 4.27. The molecule has 0 bridgehead atoms. The van der Waals surface area contributed by atoms with E-state index in [1.165, 1.54) is 6.42 Å². The van der Waals surface area contributed by atoms with E-state index in [0.717, 1.165) is 19.4 Å². The highest BCUT2D eigenvalue weighted by molar-refractivity contribution is 5.80. The molecule has 2 N–H and O–H groups in total. The van der Waals surface area contributed by atoms with Crippen molar-refractivity contribution in [3.8, 4) is 0 Å². The number of amides is 1. The Morgan fingerprint density at radius 1 is 1.53 bits per heavy atom. The third-order valence-corrected chi connectivity index (χ3v) is 2.81. The summed E-state index contributed by atoms with van der Waals surface area (Å²) in [4.78, 5) is 11.3. The average Bonchev–Trinajstić information content (AvgIpc) is 2.68. The highest BCUT2D eigenvalue weighted by Crippen LogP contribution is 2.16. The number of hydrogen-bond donors (Lipinski definition) is 2. The summed E-state index contributed by atoms with van der Waals surface area (Å²) in [5.74, 6) is 0.0363. The molecule has 1 heterocycles. The summed E-state index contributed by atoms with van der Waals surface area (Å²) >= 11 is 0. The van der Waals surface area contributed by atoms with Crippen LogP contribution in [0.15, 0.2) is 0 Å². The zero-order valence-corrected chi connectivity index (χ0v) is 9.88. The Morgan fingerprint density at radius 2 is 2.27 bits per heavy atom. The molecule has 1 aliphatic heterocycles. The zero-order chi connectivity index (χ0) is 11.3. The summed E-state index contributed by atoms with van der Waals surface area (Å²) in [5.41, 5.74) is 0. The van der Waals surface area contributed by atoms with Crippen molar-refractivity contribution in [1.29, 1.82) is 0 Å². The van der Waals surface area contributed by atoms with Crippen LogP contribution in [0.2, 0.25) is 0 Å². The standard InChI is InChI=1S/C11H22N2O2/c1-8(7-10-5-4-6-15-10)13-9(2)11(14)12-3/h8-10,13H,4-7H2,1-3H3,(H,12,14)/t8?,9-,10?/m1/s1. The minimum absolute atomic E-state index is 0.0363. The molecule has 2 unspecified atom stereocenters. The summed E-state index contributed by atoms with van der Waals surface area (Å²) < 4.78 is 5.55. The van der Waals surface area contributed by atoms with Crippen molar-refractivity contribution in [3.63, 3.8) is 0 Å². The summed E-state index contributed by atoms with van der Waals surface area (Å²) in [7, 11) is 1.66. The van der Waals surface area contributed by atoms with E-state index in [4.69, 9.17) is 4.74 Å². The van der Waals surface area contributed by atoms with Gasteiger partial charge in [0.15, 0.2) is 0 Å². The fraction of sp³-hybridized carbons (Fsp3) is 0.909. The topological polar surface area (TPSA) is 50.4 Å². The van der Waals surface area contributed by atoms with Gasteiger partial charge in [-0.2, -0.15) is 0 Å². The Morgan fingerprint density at radius 3 is 2.80 bits per heavy atom. The molecule has 4 heteroatoms. The number of carbonyl (C=O) groups excluding carboxylic acids is 1. The van der Waals surface area contributed by atoms with Gasteiger partial charge in [-0.3, -0.25) is 4.79 Å². The molecule has 1 rings (SSSR count). The monoisotopic (exact) mass is 214 g/mol. The van der Waals surface area contributed by atoms with Crippen LogP contribution in [0, 0.1) is 0 Å². The Hall–Kier alpha value is -0.610. The van der Waals surface area contributed by atoms with Crippen LogP contribution in [0.25, 0.3) is 0 Å². The minimum Gasteiger partial charge on any atom is -0.378 e. The molecular formula is C11H22N2O2. The predicted molar refractivity (Wildman–Crippen MR) is 59.7 cm³/mol. The Kier molecular flexibility index (Phi) is 5.05. The lowest BCUT2D eigenvalue weighted by Crippen LogP contribution is -2.45. The van der Waals surface area contributed by atoms with Gasteiger partial charge in [0.05, 0.1) is 12.1 Å². The maximum atomic E-state index is 11.3. The normalized spacial score (nSPS) is 24.9. The molecule has 0 spiro atoms. The lowest BCUT2D eigenvalue weighted by molar-refractivity contribution is -0.122. The molecule has 1 amide bonds. The van der Waals surface area contributed by atoms with Gasteiger partial charge in [-0.1, -0.05) is 0 Å². The predicted octanol–water partition coefficient (Wildman–Crippen LogP) is 0.668. The first kappa shape index (κ1) is 12.5. The number of likely N-dealkylation sites (N-methyl/N-ethyl adjacent to an activating group) is 1. The molecule has 88 valence electrons. The van der Waals surface area contributed by atoms with E-state index in [2.05, 4.69) is 17.6 Å². The van der Waals surface area contributed by atoms with Crippen molar-refractivity contribution in [3.05, 3.63) is 0 Å². The first-order valence-corrected chi connectivity index (χ1v) is 5.72. The van der Waals surface area contributed by atoms with E-state index < -0.39 is 0 Å². The highest BCUT2D eigenvalue weighted by Gasteiger charge is 2.20. The fourth-order valence-electron chi connectivity index (χ4n) is 2.01. The molecule has 1 saturated heterocycles. The van der Waals surface area contributed by atoms with E-state index in [1.54, 1.807) is 7.05 Å². The van der Waals surface area contributed by atoms with Gasteiger partial charge in [-0.05, 0) is 33.1 Å². The van der Waals surface area contributed by atoms with E-state index in [9.17, 15) is 4.79 Å². The summed E-state index contributed by atoms with van der Waals surface area (Å²) in [5, 5.41) is 5.90. The fourth-order valence-corrected chi connectivity index (χ4v) is 2.01. The first-order valence-electron chi connectivity index (χ1n) is 5.72. The lowest BCUT2D eigenvalue weighted by Gasteiger charge is -2.21. The van der Waals surface area contributed by atoms with Crippen molar-refractivity contribution in [2.24, 2.45) is 0 Å². The van der Waals surface area contributed by atoms with Gasteiger partial charge >= 0.3 is 0 Å². The van der Waals surface area contributed by atoms with Crippen LogP contribution in [-0.2, 0) is 9.53 Å². The molecule has 3 atom stereocenters. The zero-order valence-electron chi connectivity index (χ0n) is 9.88. The van der Waals surface area contributed by atoms with E-state index in [1.807, 2.05) is 6.92 Å². The Balaban J connectivity index is 2.22. The molecular weight excluding hydrogens is 192 g/mol. The maximum Gasteiger partial charge on any atom is 0.236 e. The summed E-state index contributed by atoms with van der Waals surface area (Å²) in [6.45, 7) is 4.87. The largest absolute Gasteiger partial charge is 0.378 e. The van der Waals surface area contributed by atoms with Crippen LogP contribution >= 0.6 is 0 Å². The van der Waals surface area contributed by atoms with Gasteiger partial charge in [-0.25, -0.2) is 0 Å². The summed E-state index contributed by atoms with van der Waals surface area (Å²) in [6, 6.07) is 0.187. The van der Waals surface area contributed by atoms with Gasteiger partial charge in [0.2, 0.25) is 5.91 Å². The van der Waals surface area contributed by atoms with Crippen molar-refractivity contribution in [2.75, 3.05) is 13.7 Å². The van der Waals surface area contributed by atoms with E-state index >= 15 is 0 Å². The van der Waals surface area contributed by atoms with Crippen molar-refractivity contribution in [1.82, 2.24) is 10.6 Å². The molecule has 0 aromatic heterocycles. The van der Waals surface area contributed by atoms with Crippen LogP contribution in [-0.4, -0.2) is 37.7 Å². The molecule has 4 nitrogen and oxygen atoms in total. The number of hydrogen-bond acceptors (Lipinski definition) is 3. The molecule has 0 aliphatic carbocycles. The number of rotatable bonds is 5. The average molecular weight is 214 g/mol. The van der Waals surface area contributed by atoms with Crippen LogP contribution in [0.5, 0.6) is 0 Å². The number of carbonyl (C=O) groups is 1. The molecule has 1 fully saturated rings. The van der Waals surface area contributed by atoms with Crippen LogP contribution in [0.1, 0.15) is 33.1 Å². The second kappa shape index (κ2) is 6.08. The third kappa shape index (κ3) is 4.18. The molecule has 0 aromatic carbocycles. The smallest absolute Gasteiger partial charge is 0.236 e. The quantitative estimate of drug-likeness (QED) is 0.707. The lowest BCUT2D eigenvalue weighted by atomic mass is 10.1. The molecule has 1 aliphatic rings. The van der Waals surface area contributed by atoms with Crippen molar-refractivity contribution in [2.45, 2.75) is 51.3 Å². The molecule has 0 saturated carbocycles.